The molecule has 0 heterocycles. The summed E-state index contributed by atoms with van der Waals surface area (Å²) in [7, 11) is 0. The Balaban J connectivity index is 2.49. The zero-order chi connectivity index (χ0) is 18.3. The van der Waals surface area contributed by atoms with Crippen LogP contribution in [0.15, 0.2) is 18.2 Å². The van der Waals surface area contributed by atoms with Crippen LogP contribution in [-0.4, -0.2) is 0 Å². The number of nitrogens with two attached hydrogens (primary N) is 2. The Labute approximate surface area is 156 Å². The lowest BCUT2D eigenvalue weighted by Gasteiger charge is -2.18. The van der Waals surface area contributed by atoms with Gasteiger partial charge in [0.05, 0.1) is 6.17 Å². The van der Waals surface area contributed by atoms with Gasteiger partial charge in [0.15, 0.2) is 0 Å². The molecule has 0 radical (unpaired) electrons. The normalized spacial score (nSPS) is 11.4. The van der Waals surface area contributed by atoms with Crippen molar-refractivity contribution in [2.24, 2.45) is 11.5 Å². The van der Waals surface area contributed by atoms with Gasteiger partial charge < -0.3 is 11.5 Å². The molecule has 4 N–H and O–H groups in total. The van der Waals surface area contributed by atoms with Crippen molar-refractivity contribution in [3.8, 4) is 0 Å². The first-order valence-electron chi connectivity index (χ1n) is 10.8. The largest absolute Gasteiger partial charge is 0.312 e. The molecule has 0 aliphatic heterocycles. The molecule has 0 unspecified atom stereocenters. The summed E-state index contributed by atoms with van der Waals surface area (Å²) in [6.07, 6.45) is 17.9. The van der Waals surface area contributed by atoms with E-state index in [4.69, 9.17) is 11.5 Å². The first kappa shape index (κ1) is 22.2. The molecule has 2 heteroatoms. The molecule has 144 valence electrons. The lowest BCUT2D eigenvalue weighted by Crippen LogP contribution is -2.23. The van der Waals surface area contributed by atoms with E-state index in [1.165, 1.54) is 93.7 Å². The van der Waals surface area contributed by atoms with Crippen molar-refractivity contribution in [3.05, 3.63) is 34.9 Å². The summed E-state index contributed by atoms with van der Waals surface area (Å²) in [6, 6.07) is 6.67. The topological polar surface area (TPSA) is 52.0 Å². The highest BCUT2D eigenvalue weighted by Crippen LogP contribution is 2.23. The number of hydrogen-bond donors (Lipinski definition) is 2. The predicted octanol–water partition coefficient (Wildman–Crippen LogP) is 6.41. The average Bonchev–Trinajstić information content (AvgIpc) is 2.60. The molecule has 1 aromatic rings. The Bertz CT molecular complexity index is 405. The quantitative estimate of drug-likeness (QED) is 0.285. The molecule has 25 heavy (non-hydrogen) atoms. The van der Waals surface area contributed by atoms with Gasteiger partial charge in [0.2, 0.25) is 0 Å². The molecule has 0 amide bonds. The first-order valence-corrected chi connectivity index (χ1v) is 10.8. The minimum Gasteiger partial charge on any atom is -0.312 e. The fourth-order valence-electron chi connectivity index (χ4n) is 3.72. The second-order valence-electron chi connectivity index (χ2n) is 7.55. The molecular formula is C23H42N2. The average molecular weight is 347 g/mol. The van der Waals surface area contributed by atoms with E-state index in [-0.39, 0.29) is 6.17 Å². The van der Waals surface area contributed by atoms with Crippen molar-refractivity contribution in [1.82, 2.24) is 0 Å². The van der Waals surface area contributed by atoms with Crippen molar-refractivity contribution in [1.29, 1.82) is 0 Å². The van der Waals surface area contributed by atoms with Crippen LogP contribution < -0.4 is 11.5 Å². The third-order valence-corrected chi connectivity index (χ3v) is 5.22. The molecule has 0 aromatic heterocycles. The Kier molecular flexibility index (Phi) is 12.7. The van der Waals surface area contributed by atoms with Crippen LogP contribution in [0, 0.1) is 0 Å². The van der Waals surface area contributed by atoms with Crippen LogP contribution in [0.1, 0.15) is 114 Å². The minimum absolute atomic E-state index is 0.341. The lowest BCUT2D eigenvalue weighted by atomic mass is 9.92. The first-order chi connectivity index (χ1) is 12.2. The van der Waals surface area contributed by atoms with Crippen LogP contribution in [-0.2, 0) is 12.8 Å². The maximum Gasteiger partial charge on any atom is 0.0790 e. The van der Waals surface area contributed by atoms with Gasteiger partial charge in [-0.05, 0) is 42.4 Å². The van der Waals surface area contributed by atoms with Gasteiger partial charge in [0.25, 0.3) is 0 Å². The van der Waals surface area contributed by atoms with E-state index in [1.807, 2.05) is 0 Å². The minimum atomic E-state index is -0.341. The summed E-state index contributed by atoms with van der Waals surface area (Å²) in [6.45, 7) is 4.54. The van der Waals surface area contributed by atoms with E-state index in [2.05, 4.69) is 32.0 Å². The Morgan fingerprint density at radius 3 is 1.44 bits per heavy atom. The second kappa shape index (κ2) is 14.3. The number of hydrogen-bond acceptors (Lipinski definition) is 2. The molecule has 0 bridgehead atoms. The predicted molar refractivity (Wildman–Crippen MR) is 112 cm³/mol. The standard InChI is InChI=1S/C23H42N2/c1-3-5-7-9-11-13-16-20-18-15-19-21(22(20)23(24)25)17-14-12-10-8-6-4-2/h15,18-19,23H,3-14,16-17,24-25H2,1-2H3. The van der Waals surface area contributed by atoms with Crippen molar-refractivity contribution in [3.63, 3.8) is 0 Å². The second-order valence-corrected chi connectivity index (χ2v) is 7.55. The number of rotatable bonds is 15. The zero-order valence-electron chi connectivity index (χ0n) is 16.9. The smallest absolute Gasteiger partial charge is 0.0790 e. The maximum atomic E-state index is 6.13. The van der Waals surface area contributed by atoms with E-state index in [9.17, 15) is 0 Å². The van der Waals surface area contributed by atoms with Gasteiger partial charge in [-0.25, -0.2) is 0 Å². The summed E-state index contributed by atoms with van der Waals surface area (Å²) < 4.78 is 0. The van der Waals surface area contributed by atoms with Gasteiger partial charge in [0, 0.05) is 0 Å². The molecule has 2 nitrogen and oxygen atoms in total. The third-order valence-electron chi connectivity index (χ3n) is 5.22. The van der Waals surface area contributed by atoms with Crippen LogP contribution in [0.2, 0.25) is 0 Å². The Morgan fingerprint density at radius 1 is 0.640 bits per heavy atom. The summed E-state index contributed by atoms with van der Waals surface area (Å²) in [4.78, 5) is 0. The van der Waals surface area contributed by atoms with E-state index < -0.39 is 0 Å². The zero-order valence-corrected chi connectivity index (χ0v) is 16.9. The van der Waals surface area contributed by atoms with Gasteiger partial charge in [0.1, 0.15) is 0 Å². The van der Waals surface area contributed by atoms with Crippen LogP contribution in [0.3, 0.4) is 0 Å². The van der Waals surface area contributed by atoms with Gasteiger partial charge in [-0.3, -0.25) is 0 Å². The molecule has 1 aromatic carbocycles. The van der Waals surface area contributed by atoms with Gasteiger partial charge in [-0.2, -0.15) is 0 Å². The van der Waals surface area contributed by atoms with Crippen LogP contribution in [0.25, 0.3) is 0 Å². The molecule has 0 aliphatic carbocycles. The molecule has 0 saturated carbocycles. The molecule has 0 atom stereocenters. The van der Waals surface area contributed by atoms with E-state index in [1.54, 1.807) is 0 Å². The lowest BCUT2D eigenvalue weighted by molar-refractivity contribution is 0.599. The number of benzene rings is 1. The maximum absolute atomic E-state index is 6.13. The third kappa shape index (κ3) is 9.42. The number of aryl methyl sites for hydroxylation is 2. The highest BCUT2D eigenvalue weighted by Gasteiger charge is 2.12. The Hall–Kier alpha value is -0.860. The highest BCUT2D eigenvalue weighted by atomic mass is 14.8. The van der Waals surface area contributed by atoms with Crippen molar-refractivity contribution < 1.29 is 0 Å². The summed E-state index contributed by atoms with van der Waals surface area (Å²) in [5, 5.41) is 0. The van der Waals surface area contributed by atoms with Crippen LogP contribution in [0.5, 0.6) is 0 Å². The number of unbranched alkanes of at least 4 members (excludes halogenated alkanes) is 10. The molecule has 0 saturated heterocycles. The van der Waals surface area contributed by atoms with Gasteiger partial charge in [-0.15, -0.1) is 0 Å². The summed E-state index contributed by atoms with van der Waals surface area (Å²) in [5.41, 5.74) is 16.3. The fraction of sp³-hybridized carbons (Fsp3) is 0.739. The highest BCUT2D eigenvalue weighted by molar-refractivity contribution is 5.37. The Morgan fingerprint density at radius 2 is 1.04 bits per heavy atom. The monoisotopic (exact) mass is 346 g/mol. The van der Waals surface area contributed by atoms with Gasteiger partial charge in [-0.1, -0.05) is 96.3 Å². The van der Waals surface area contributed by atoms with Crippen LogP contribution >= 0.6 is 0 Å². The SMILES string of the molecule is CCCCCCCCc1cccc(CCCCCCCC)c1C(N)N. The van der Waals surface area contributed by atoms with E-state index >= 15 is 0 Å². The molecule has 1 rings (SSSR count). The molecule has 0 fully saturated rings. The van der Waals surface area contributed by atoms with E-state index in [0.29, 0.717) is 0 Å². The molecular weight excluding hydrogens is 304 g/mol. The van der Waals surface area contributed by atoms with Crippen molar-refractivity contribution >= 4 is 0 Å². The van der Waals surface area contributed by atoms with E-state index in [0.717, 1.165) is 12.8 Å². The summed E-state index contributed by atoms with van der Waals surface area (Å²) >= 11 is 0. The summed E-state index contributed by atoms with van der Waals surface area (Å²) in [5.74, 6) is 0. The van der Waals surface area contributed by atoms with Crippen LogP contribution in [0.4, 0.5) is 0 Å². The van der Waals surface area contributed by atoms with Crippen molar-refractivity contribution in [2.45, 2.75) is 110 Å². The fourth-order valence-corrected chi connectivity index (χ4v) is 3.72. The van der Waals surface area contributed by atoms with Crippen molar-refractivity contribution in [2.75, 3.05) is 0 Å². The molecule has 0 spiro atoms. The molecule has 0 aliphatic rings. The van der Waals surface area contributed by atoms with Gasteiger partial charge >= 0.3 is 0 Å².